The summed E-state index contributed by atoms with van der Waals surface area (Å²) in [6.45, 7) is 0. The van der Waals surface area contributed by atoms with E-state index in [9.17, 15) is 22.8 Å². The summed E-state index contributed by atoms with van der Waals surface area (Å²) < 4.78 is 44.4. The van der Waals surface area contributed by atoms with Crippen molar-refractivity contribution >= 4 is 11.8 Å². The first kappa shape index (κ1) is 17.6. The number of halogens is 3. The van der Waals surface area contributed by atoms with Crippen molar-refractivity contribution in [3.63, 3.8) is 0 Å². The number of amides is 2. The Morgan fingerprint density at radius 3 is 2.42 bits per heavy atom. The fraction of sp³-hybridized carbons (Fsp3) is 0.250. The van der Waals surface area contributed by atoms with Gasteiger partial charge >= 0.3 is 6.18 Å². The van der Waals surface area contributed by atoms with Crippen LogP contribution in [0.4, 0.5) is 13.2 Å². The van der Waals surface area contributed by atoms with Gasteiger partial charge in [-0.05, 0) is 24.1 Å². The van der Waals surface area contributed by atoms with Gasteiger partial charge in [-0.3, -0.25) is 9.59 Å². The Balaban J connectivity index is 2.63. The molecule has 0 heterocycles. The van der Waals surface area contributed by atoms with Crippen LogP contribution in [-0.4, -0.2) is 18.9 Å². The number of primary amides is 2. The third-order valence-electron chi connectivity index (χ3n) is 3.92. The van der Waals surface area contributed by atoms with Gasteiger partial charge < -0.3 is 16.2 Å². The molecular formula is C16H15F3N2O3. The quantitative estimate of drug-likeness (QED) is 0.875. The Hall–Kier alpha value is -2.77. The van der Waals surface area contributed by atoms with Crippen LogP contribution in [0.3, 0.4) is 0 Å². The minimum atomic E-state index is -4.68. The second-order valence-electron chi connectivity index (χ2n) is 5.34. The highest BCUT2D eigenvalue weighted by Gasteiger charge is 2.42. The van der Waals surface area contributed by atoms with E-state index in [4.69, 9.17) is 16.2 Å². The predicted molar refractivity (Wildman–Crippen MR) is 79.9 cm³/mol. The summed E-state index contributed by atoms with van der Waals surface area (Å²) in [5.74, 6) is -2.03. The zero-order chi connectivity index (χ0) is 18.1. The van der Waals surface area contributed by atoms with Crippen LogP contribution in [0.15, 0.2) is 42.0 Å². The fourth-order valence-electron chi connectivity index (χ4n) is 2.63. The van der Waals surface area contributed by atoms with Crippen molar-refractivity contribution in [2.24, 2.45) is 11.5 Å². The first-order valence-corrected chi connectivity index (χ1v) is 6.85. The maximum absolute atomic E-state index is 13.2. The van der Waals surface area contributed by atoms with E-state index in [1.807, 2.05) is 0 Å². The van der Waals surface area contributed by atoms with Crippen LogP contribution in [0.5, 0.6) is 5.75 Å². The van der Waals surface area contributed by atoms with Gasteiger partial charge in [-0.15, -0.1) is 0 Å². The molecule has 24 heavy (non-hydrogen) atoms. The van der Waals surface area contributed by atoms with Gasteiger partial charge in [-0.2, -0.15) is 13.2 Å². The number of carbonyl (C=O) groups is 2. The number of alkyl halides is 3. The van der Waals surface area contributed by atoms with Crippen LogP contribution in [0.25, 0.3) is 0 Å². The van der Waals surface area contributed by atoms with Gasteiger partial charge in [-0.1, -0.05) is 24.3 Å². The van der Waals surface area contributed by atoms with E-state index >= 15 is 0 Å². The summed E-state index contributed by atoms with van der Waals surface area (Å²) >= 11 is 0. The number of hydrogen-bond acceptors (Lipinski definition) is 3. The third kappa shape index (κ3) is 2.99. The average Bonchev–Trinajstić information content (AvgIpc) is 2.53. The molecule has 0 fully saturated rings. The number of benzene rings is 1. The number of nitrogens with two attached hydrogens (primary N) is 2. The Morgan fingerprint density at radius 2 is 1.92 bits per heavy atom. The minimum Gasteiger partial charge on any atom is -0.496 e. The maximum Gasteiger partial charge on any atom is 0.419 e. The first-order valence-electron chi connectivity index (χ1n) is 6.85. The zero-order valence-electron chi connectivity index (χ0n) is 12.7. The summed E-state index contributed by atoms with van der Waals surface area (Å²) in [6, 6.07) is 3.23. The second-order valence-corrected chi connectivity index (χ2v) is 5.34. The molecule has 2 amide bonds. The van der Waals surface area contributed by atoms with Crippen molar-refractivity contribution in [2.75, 3.05) is 7.11 Å². The van der Waals surface area contributed by atoms with Crippen molar-refractivity contribution in [2.45, 2.75) is 18.0 Å². The average molecular weight is 340 g/mol. The number of allylic oxidation sites excluding steroid dienone is 2. The van der Waals surface area contributed by atoms with Crippen molar-refractivity contribution in [3.05, 3.63) is 53.1 Å². The molecule has 4 N–H and O–H groups in total. The van der Waals surface area contributed by atoms with Gasteiger partial charge in [-0.25, -0.2) is 0 Å². The van der Waals surface area contributed by atoms with Crippen molar-refractivity contribution in [1.82, 2.24) is 0 Å². The SMILES string of the molecule is COc1ccc(C2(C(N)=O)C=CC=C(C(N)=O)C2)cc1C(F)(F)F. The van der Waals surface area contributed by atoms with Crippen LogP contribution in [-0.2, 0) is 21.2 Å². The molecule has 0 saturated carbocycles. The molecular weight excluding hydrogens is 325 g/mol. The largest absolute Gasteiger partial charge is 0.496 e. The fourth-order valence-corrected chi connectivity index (χ4v) is 2.63. The van der Waals surface area contributed by atoms with Gasteiger partial charge in [0.25, 0.3) is 0 Å². The van der Waals surface area contributed by atoms with E-state index in [-0.39, 0.29) is 23.3 Å². The minimum absolute atomic E-state index is 0.00576. The van der Waals surface area contributed by atoms with Gasteiger partial charge in [0, 0.05) is 5.57 Å². The summed E-state index contributed by atoms with van der Waals surface area (Å²) in [5, 5.41) is 0. The molecule has 0 aliphatic heterocycles. The highest BCUT2D eigenvalue weighted by atomic mass is 19.4. The predicted octanol–water partition coefficient (Wildman–Crippen LogP) is 1.81. The summed E-state index contributed by atoms with van der Waals surface area (Å²) in [5.41, 5.74) is 8.14. The van der Waals surface area contributed by atoms with E-state index in [0.29, 0.717) is 0 Å². The molecule has 1 aliphatic rings. The van der Waals surface area contributed by atoms with Gasteiger partial charge in [0.2, 0.25) is 11.8 Å². The van der Waals surface area contributed by atoms with E-state index in [0.717, 1.165) is 19.2 Å². The molecule has 1 atom stereocenters. The molecule has 128 valence electrons. The Bertz CT molecular complexity index is 753. The topological polar surface area (TPSA) is 95.4 Å². The lowest BCUT2D eigenvalue weighted by molar-refractivity contribution is -0.139. The maximum atomic E-state index is 13.2. The lowest BCUT2D eigenvalue weighted by Gasteiger charge is -2.31. The van der Waals surface area contributed by atoms with Crippen molar-refractivity contribution in [3.8, 4) is 5.75 Å². The van der Waals surface area contributed by atoms with Crippen LogP contribution in [0.1, 0.15) is 17.5 Å². The number of rotatable bonds is 4. The molecule has 0 bridgehead atoms. The number of carbonyl (C=O) groups excluding carboxylic acids is 2. The monoisotopic (exact) mass is 340 g/mol. The van der Waals surface area contributed by atoms with Crippen molar-refractivity contribution < 1.29 is 27.5 Å². The summed E-state index contributed by atoms with van der Waals surface area (Å²) in [6.07, 6.45) is -0.744. The summed E-state index contributed by atoms with van der Waals surface area (Å²) in [4.78, 5) is 23.4. The number of hydrogen-bond donors (Lipinski definition) is 2. The van der Waals surface area contributed by atoms with Crippen LogP contribution < -0.4 is 16.2 Å². The summed E-state index contributed by atoms with van der Waals surface area (Å²) in [7, 11) is 1.11. The van der Waals surface area contributed by atoms with Gasteiger partial charge in [0.05, 0.1) is 18.1 Å². The number of ether oxygens (including phenoxy) is 1. The van der Waals surface area contributed by atoms with E-state index < -0.39 is 29.0 Å². The smallest absolute Gasteiger partial charge is 0.419 e. The Kier molecular flexibility index (Phi) is 4.42. The van der Waals surface area contributed by atoms with E-state index in [1.165, 1.54) is 24.3 Å². The van der Waals surface area contributed by atoms with Gasteiger partial charge in [0.15, 0.2) is 0 Å². The van der Waals surface area contributed by atoms with Crippen LogP contribution in [0.2, 0.25) is 0 Å². The Morgan fingerprint density at radius 1 is 1.25 bits per heavy atom. The standard InChI is InChI=1S/C16H15F3N2O3/c1-24-12-5-4-10(7-11(12)16(17,18)19)15(14(21)23)6-2-3-9(8-15)13(20)22/h2-7H,8H2,1H3,(H2,20,22)(H2,21,23). The lowest BCUT2D eigenvalue weighted by atomic mass is 9.72. The van der Waals surface area contributed by atoms with Gasteiger partial charge in [0.1, 0.15) is 5.75 Å². The molecule has 1 unspecified atom stereocenters. The lowest BCUT2D eigenvalue weighted by Crippen LogP contribution is -2.42. The molecule has 2 rings (SSSR count). The first-order chi connectivity index (χ1) is 11.1. The van der Waals surface area contributed by atoms with E-state index in [2.05, 4.69) is 0 Å². The highest BCUT2D eigenvalue weighted by Crippen LogP contribution is 2.42. The molecule has 0 radical (unpaired) electrons. The van der Waals surface area contributed by atoms with E-state index in [1.54, 1.807) is 0 Å². The molecule has 0 spiro atoms. The zero-order valence-corrected chi connectivity index (χ0v) is 12.7. The molecule has 1 aromatic carbocycles. The molecule has 1 aliphatic carbocycles. The molecule has 5 nitrogen and oxygen atoms in total. The second kappa shape index (κ2) is 6.03. The molecule has 0 saturated heterocycles. The van der Waals surface area contributed by atoms with Crippen LogP contribution in [0, 0.1) is 0 Å². The highest BCUT2D eigenvalue weighted by molar-refractivity contribution is 5.97. The number of methoxy groups -OCH3 is 1. The van der Waals surface area contributed by atoms with Crippen molar-refractivity contribution in [1.29, 1.82) is 0 Å². The molecule has 0 aromatic heterocycles. The van der Waals surface area contributed by atoms with Crippen LogP contribution >= 0.6 is 0 Å². The molecule has 1 aromatic rings. The third-order valence-corrected chi connectivity index (χ3v) is 3.92. The Labute approximate surface area is 135 Å². The normalized spacial score (nSPS) is 20.4. The molecule has 8 heteroatoms.